The van der Waals surface area contributed by atoms with E-state index in [1.165, 1.54) is 6.20 Å². The molecule has 0 aliphatic rings. The van der Waals surface area contributed by atoms with Crippen molar-refractivity contribution >= 4 is 22.1 Å². The Hall–Kier alpha value is -2.68. The molecule has 3 heteroatoms. The zero-order chi connectivity index (χ0) is 28.6. The summed E-state index contributed by atoms with van der Waals surface area (Å²) >= 11 is 0. The Morgan fingerprint density at radius 3 is 2.57 bits per heavy atom. The minimum absolute atomic E-state index is 0.0103. The Labute approximate surface area is 191 Å². The SMILES string of the molecule is [2H]C([2H])([2H])C(C)(C([2H])([2H])[2H])C([2H])([2H])c1c[n+](C)c(-c2c(C)ccc3c2oc2nc(C(C)C)ccc23)cc1C. The lowest BCUT2D eigenvalue weighted by Crippen LogP contribution is -2.32. The summed E-state index contributed by atoms with van der Waals surface area (Å²) in [5.41, 5.74) is 2.38. The number of furan rings is 1. The van der Waals surface area contributed by atoms with Gasteiger partial charge in [0.1, 0.15) is 7.05 Å². The van der Waals surface area contributed by atoms with Crippen LogP contribution in [0.1, 0.15) is 73.7 Å². The van der Waals surface area contributed by atoms with Crippen molar-refractivity contribution in [3.8, 4) is 11.3 Å². The van der Waals surface area contributed by atoms with Gasteiger partial charge in [0, 0.05) is 39.1 Å². The number of fused-ring (bicyclic) bond motifs is 3. The number of nitrogens with zero attached hydrogens (tertiary/aromatic N) is 2. The van der Waals surface area contributed by atoms with Crippen molar-refractivity contribution in [1.29, 1.82) is 0 Å². The lowest BCUT2D eigenvalue weighted by molar-refractivity contribution is -0.660. The first-order valence-corrected chi connectivity index (χ1v) is 10.2. The van der Waals surface area contributed by atoms with Crippen LogP contribution in [0.4, 0.5) is 0 Å². The smallest absolute Gasteiger partial charge is 0.227 e. The number of rotatable bonds is 3. The van der Waals surface area contributed by atoms with Gasteiger partial charge < -0.3 is 4.42 Å². The van der Waals surface area contributed by atoms with Gasteiger partial charge in [-0.3, -0.25) is 0 Å². The van der Waals surface area contributed by atoms with Crippen LogP contribution in [-0.4, -0.2) is 4.98 Å². The molecule has 0 fully saturated rings. The van der Waals surface area contributed by atoms with Crippen LogP contribution in [0.2, 0.25) is 0 Å². The topological polar surface area (TPSA) is 29.9 Å². The molecule has 0 saturated heterocycles. The van der Waals surface area contributed by atoms with E-state index in [4.69, 9.17) is 20.4 Å². The van der Waals surface area contributed by atoms with Gasteiger partial charge in [-0.1, -0.05) is 46.6 Å². The standard InChI is InChI=1S/C27H33N2O/c1-16(2)22-12-11-21-20-10-9-17(3)24(25(20)30-26(21)28-22)23-13-18(4)19(15-29(23)8)14-27(5,6)7/h9-13,15-16H,14H2,1-8H3/q+1/i5D3,6D3,14D2. The molecule has 0 radical (unpaired) electrons. The van der Waals surface area contributed by atoms with E-state index in [0.717, 1.165) is 40.2 Å². The van der Waals surface area contributed by atoms with Gasteiger partial charge in [0.2, 0.25) is 11.4 Å². The molecule has 4 aromatic rings. The van der Waals surface area contributed by atoms with E-state index >= 15 is 0 Å². The van der Waals surface area contributed by atoms with Gasteiger partial charge in [-0.25, -0.2) is 9.55 Å². The van der Waals surface area contributed by atoms with E-state index in [-0.39, 0.29) is 11.5 Å². The molecule has 0 bridgehead atoms. The molecule has 4 rings (SSSR count). The molecule has 30 heavy (non-hydrogen) atoms. The van der Waals surface area contributed by atoms with Crippen molar-refractivity contribution in [2.45, 2.75) is 60.6 Å². The van der Waals surface area contributed by atoms with Crippen LogP contribution in [0, 0.1) is 19.3 Å². The number of aryl methyl sites for hydroxylation is 3. The number of hydrogen-bond acceptors (Lipinski definition) is 2. The summed E-state index contributed by atoms with van der Waals surface area (Å²) in [7, 11) is 1.73. The predicted molar refractivity (Wildman–Crippen MR) is 125 cm³/mol. The second-order valence-corrected chi connectivity index (χ2v) is 8.60. The summed E-state index contributed by atoms with van der Waals surface area (Å²) < 4.78 is 73.5. The fourth-order valence-corrected chi connectivity index (χ4v) is 3.87. The average molecular weight is 410 g/mol. The Kier molecular flexibility index (Phi) is 3.10. The number of benzene rings is 1. The zero-order valence-electron chi connectivity index (χ0n) is 26.3. The summed E-state index contributed by atoms with van der Waals surface area (Å²) in [6.07, 6.45) is -1.20. The molecule has 1 aromatic carbocycles. The fourth-order valence-electron chi connectivity index (χ4n) is 3.87. The first-order valence-electron chi connectivity index (χ1n) is 14.2. The molecule has 0 aliphatic carbocycles. The maximum Gasteiger partial charge on any atom is 0.227 e. The van der Waals surface area contributed by atoms with Gasteiger partial charge in [-0.15, -0.1) is 0 Å². The molecule has 0 aliphatic heterocycles. The first kappa shape index (κ1) is 12.9. The van der Waals surface area contributed by atoms with Gasteiger partial charge in [-0.2, -0.15) is 0 Å². The predicted octanol–water partition coefficient (Wildman–Crippen LogP) is 6.80. The maximum absolute atomic E-state index is 8.85. The normalized spacial score (nSPS) is 17.7. The summed E-state index contributed by atoms with van der Waals surface area (Å²) in [6, 6.07) is 9.75. The van der Waals surface area contributed by atoms with Crippen molar-refractivity contribution in [2.24, 2.45) is 12.5 Å². The van der Waals surface area contributed by atoms with Crippen LogP contribution in [0.3, 0.4) is 0 Å². The third-order valence-corrected chi connectivity index (χ3v) is 5.45. The minimum Gasteiger partial charge on any atom is -0.437 e. The Morgan fingerprint density at radius 1 is 1.13 bits per heavy atom. The van der Waals surface area contributed by atoms with Crippen molar-refractivity contribution in [2.75, 3.05) is 0 Å². The molecule has 3 aromatic heterocycles. The lowest BCUT2D eigenvalue weighted by Gasteiger charge is -2.19. The molecule has 0 spiro atoms. The Bertz CT molecular complexity index is 1530. The van der Waals surface area contributed by atoms with E-state index in [1.807, 2.05) is 31.2 Å². The third kappa shape index (κ3) is 3.62. The summed E-state index contributed by atoms with van der Waals surface area (Å²) in [4.78, 5) is 4.71. The average Bonchev–Trinajstić information content (AvgIpc) is 3.15. The second-order valence-electron chi connectivity index (χ2n) is 8.60. The lowest BCUT2D eigenvalue weighted by atomic mass is 9.86. The number of hydrogen-bond donors (Lipinski definition) is 0. The van der Waals surface area contributed by atoms with E-state index in [1.54, 1.807) is 24.6 Å². The number of pyridine rings is 2. The van der Waals surface area contributed by atoms with Crippen LogP contribution in [0.15, 0.2) is 40.9 Å². The minimum atomic E-state index is -3.08. The van der Waals surface area contributed by atoms with Crippen LogP contribution in [0.5, 0.6) is 0 Å². The molecular formula is C27H33N2O+. The van der Waals surface area contributed by atoms with E-state index in [9.17, 15) is 0 Å². The van der Waals surface area contributed by atoms with Gasteiger partial charge in [0.05, 0.1) is 5.56 Å². The Morgan fingerprint density at radius 2 is 1.87 bits per heavy atom. The van der Waals surface area contributed by atoms with Crippen molar-refractivity contribution in [3.05, 3.63) is 58.9 Å². The molecule has 3 nitrogen and oxygen atoms in total. The van der Waals surface area contributed by atoms with E-state index in [2.05, 4.69) is 13.8 Å². The largest absolute Gasteiger partial charge is 0.437 e. The molecule has 0 saturated carbocycles. The highest BCUT2D eigenvalue weighted by atomic mass is 16.3. The molecule has 0 amide bonds. The molecule has 0 unspecified atom stereocenters. The van der Waals surface area contributed by atoms with Crippen LogP contribution >= 0.6 is 0 Å². The zero-order valence-corrected chi connectivity index (χ0v) is 18.3. The van der Waals surface area contributed by atoms with Gasteiger partial charge in [0.25, 0.3) is 0 Å². The van der Waals surface area contributed by atoms with Crippen LogP contribution < -0.4 is 4.57 Å². The van der Waals surface area contributed by atoms with Gasteiger partial charge in [0.15, 0.2) is 11.8 Å². The monoisotopic (exact) mass is 409 g/mol. The van der Waals surface area contributed by atoms with Gasteiger partial charge in [-0.05, 0) is 54.8 Å². The highest BCUT2D eigenvalue weighted by Gasteiger charge is 2.24. The highest BCUT2D eigenvalue weighted by molar-refractivity contribution is 6.08. The Balaban J connectivity index is 1.97. The van der Waals surface area contributed by atoms with Crippen molar-refractivity contribution in [1.82, 2.24) is 4.98 Å². The maximum atomic E-state index is 8.85. The molecule has 156 valence electrons. The third-order valence-electron chi connectivity index (χ3n) is 5.45. The van der Waals surface area contributed by atoms with Crippen molar-refractivity contribution < 1.29 is 20.0 Å². The highest BCUT2D eigenvalue weighted by Crippen LogP contribution is 2.37. The van der Waals surface area contributed by atoms with Crippen LogP contribution in [0.25, 0.3) is 33.3 Å². The summed E-state index contributed by atoms with van der Waals surface area (Å²) in [6.45, 7) is 2.58. The van der Waals surface area contributed by atoms with Crippen LogP contribution in [-0.2, 0) is 13.4 Å². The van der Waals surface area contributed by atoms with Crippen molar-refractivity contribution in [3.63, 3.8) is 0 Å². The van der Waals surface area contributed by atoms with E-state index in [0.29, 0.717) is 16.9 Å². The second kappa shape index (κ2) is 7.23. The number of aromatic nitrogens is 2. The quantitative estimate of drug-likeness (QED) is 0.348. The summed E-state index contributed by atoms with van der Waals surface area (Å²) in [5.74, 6) is 0.243. The molecular weight excluding hydrogens is 368 g/mol. The fraction of sp³-hybridized carbons (Fsp3) is 0.407. The first-order chi connectivity index (χ1) is 17.3. The summed E-state index contributed by atoms with van der Waals surface area (Å²) in [5, 5.41) is 1.79. The molecule has 3 heterocycles. The molecule has 0 N–H and O–H groups in total. The van der Waals surface area contributed by atoms with Gasteiger partial charge >= 0.3 is 0 Å². The molecule has 0 atom stereocenters. The van der Waals surface area contributed by atoms with E-state index < -0.39 is 25.5 Å².